The van der Waals surface area contributed by atoms with Gasteiger partial charge >= 0.3 is 5.97 Å². The predicted octanol–water partition coefficient (Wildman–Crippen LogP) is 1.47. The molecule has 8 nitrogen and oxygen atoms in total. The lowest BCUT2D eigenvalue weighted by Gasteiger charge is -2.09. The van der Waals surface area contributed by atoms with Crippen molar-refractivity contribution in [2.75, 3.05) is 18.5 Å². The second-order valence-corrected chi connectivity index (χ2v) is 5.27. The van der Waals surface area contributed by atoms with E-state index in [2.05, 4.69) is 10.4 Å². The van der Waals surface area contributed by atoms with E-state index in [9.17, 15) is 9.59 Å². The van der Waals surface area contributed by atoms with Crippen LogP contribution in [-0.2, 0) is 21.4 Å². The zero-order valence-corrected chi connectivity index (χ0v) is 14.2. The number of rotatable bonds is 6. The van der Waals surface area contributed by atoms with Crippen LogP contribution < -0.4 is 10.1 Å². The average molecular weight is 342 g/mol. The van der Waals surface area contributed by atoms with Crippen LogP contribution in [0.2, 0.25) is 0 Å². The molecule has 2 aromatic rings. The quantitative estimate of drug-likeness (QED) is 0.797. The monoisotopic (exact) mass is 342 g/mol. The molecule has 0 saturated heterocycles. The summed E-state index contributed by atoms with van der Waals surface area (Å²) in [5.74, 6) is -0.888. The van der Waals surface area contributed by atoms with E-state index < -0.39 is 25.1 Å². The van der Waals surface area contributed by atoms with Crippen LogP contribution in [-0.4, -0.2) is 34.9 Å². The van der Waals surface area contributed by atoms with Gasteiger partial charge in [0.15, 0.2) is 13.2 Å². The van der Waals surface area contributed by atoms with Gasteiger partial charge in [-0.3, -0.25) is 9.48 Å². The molecule has 1 aromatic heterocycles. The van der Waals surface area contributed by atoms with Gasteiger partial charge in [0.2, 0.25) is 0 Å². The molecule has 0 fully saturated rings. The van der Waals surface area contributed by atoms with E-state index in [0.717, 1.165) is 5.69 Å². The Balaban J connectivity index is 1.82. The highest BCUT2D eigenvalue weighted by Crippen LogP contribution is 2.18. The molecule has 1 amide bonds. The molecule has 0 radical (unpaired) electrons. The summed E-state index contributed by atoms with van der Waals surface area (Å²) in [5.41, 5.74) is 2.39. The third-order valence-electron chi connectivity index (χ3n) is 3.49. The molecule has 0 saturated carbocycles. The number of anilines is 1. The third-order valence-corrected chi connectivity index (χ3v) is 3.49. The van der Waals surface area contributed by atoms with E-state index in [0.29, 0.717) is 16.9 Å². The van der Waals surface area contributed by atoms with Crippen molar-refractivity contribution in [3.63, 3.8) is 0 Å². The van der Waals surface area contributed by atoms with Crippen molar-refractivity contribution in [1.82, 2.24) is 9.78 Å². The summed E-state index contributed by atoms with van der Waals surface area (Å²) in [7, 11) is 1.77. The number of esters is 1. The Morgan fingerprint density at radius 1 is 1.28 bits per heavy atom. The van der Waals surface area contributed by atoms with Gasteiger partial charge in [-0.25, -0.2) is 4.79 Å². The minimum absolute atomic E-state index is 0.285. The summed E-state index contributed by atoms with van der Waals surface area (Å²) in [6.45, 7) is 2.77. The predicted molar refractivity (Wildman–Crippen MR) is 88.9 cm³/mol. The minimum atomic E-state index is -0.706. The number of nitrogens with one attached hydrogen (secondary N) is 1. The Hall–Kier alpha value is -3.34. The highest BCUT2D eigenvalue weighted by atomic mass is 16.6. The van der Waals surface area contributed by atoms with Gasteiger partial charge in [0.1, 0.15) is 11.8 Å². The molecule has 2 rings (SSSR count). The molecule has 0 aliphatic rings. The van der Waals surface area contributed by atoms with E-state index in [4.69, 9.17) is 14.7 Å². The lowest BCUT2D eigenvalue weighted by atomic mass is 10.2. The maximum Gasteiger partial charge on any atom is 0.344 e. The average Bonchev–Trinajstić information content (AvgIpc) is 2.84. The number of hydrogen-bond donors (Lipinski definition) is 1. The van der Waals surface area contributed by atoms with Crippen molar-refractivity contribution in [3.8, 4) is 11.8 Å². The van der Waals surface area contributed by atoms with Crippen LogP contribution in [0.5, 0.6) is 5.75 Å². The number of ether oxygens (including phenoxy) is 2. The molecule has 25 heavy (non-hydrogen) atoms. The molecule has 1 aromatic carbocycles. The topological polar surface area (TPSA) is 106 Å². The molecule has 1 heterocycles. The zero-order valence-electron chi connectivity index (χ0n) is 14.2. The molecule has 0 unspecified atom stereocenters. The maximum absolute atomic E-state index is 11.9. The fraction of sp³-hybridized carbons (Fsp3) is 0.294. The number of para-hydroxylation sites is 1. The van der Waals surface area contributed by atoms with Crippen molar-refractivity contribution in [3.05, 3.63) is 41.2 Å². The van der Waals surface area contributed by atoms with Gasteiger partial charge in [0, 0.05) is 7.05 Å². The first-order valence-corrected chi connectivity index (χ1v) is 7.50. The normalized spacial score (nSPS) is 10.0. The third kappa shape index (κ3) is 4.57. The van der Waals surface area contributed by atoms with Gasteiger partial charge in [-0.15, -0.1) is 0 Å². The Morgan fingerprint density at radius 3 is 2.64 bits per heavy atom. The largest absolute Gasteiger partial charge is 0.481 e. The van der Waals surface area contributed by atoms with Gasteiger partial charge in [-0.1, -0.05) is 12.1 Å². The van der Waals surface area contributed by atoms with E-state index in [1.54, 1.807) is 42.9 Å². The molecule has 8 heteroatoms. The number of amides is 1. The van der Waals surface area contributed by atoms with Crippen LogP contribution >= 0.6 is 0 Å². The first-order valence-electron chi connectivity index (χ1n) is 7.50. The number of nitrogens with zero attached hydrogens (tertiary/aromatic N) is 3. The lowest BCUT2D eigenvalue weighted by Crippen LogP contribution is -2.24. The zero-order chi connectivity index (χ0) is 18.4. The molecule has 0 atom stereocenters. The van der Waals surface area contributed by atoms with Crippen LogP contribution in [0.1, 0.15) is 17.0 Å². The molecule has 0 aliphatic heterocycles. The first-order chi connectivity index (χ1) is 11.9. The second-order valence-electron chi connectivity index (χ2n) is 5.27. The SMILES string of the molecule is Cc1nn(C)c(C)c1NC(=O)COC(=O)COc1ccccc1C#N. The number of hydrogen-bond acceptors (Lipinski definition) is 6. The highest BCUT2D eigenvalue weighted by molar-refractivity contribution is 5.93. The summed E-state index contributed by atoms with van der Waals surface area (Å²) in [6.07, 6.45) is 0. The molecule has 130 valence electrons. The summed E-state index contributed by atoms with van der Waals surface area (Å²) < 4.78 is 11.8. The van der Waals surface area contributed by atoms with Crippen LogP contribution in [0.4, 0.5) is 5.69 Å². The maximum atomic E-state index is 11.9. The number of aromatic nitrogens is 2. The second kappa shape index (κ2) is 7.97. The molecule has 0 spiro atoms. The van der Waals surface area contributed by atoms with Gasteiger partial charge in [-0.2, -0.15) is 10.4 Å². The van der Waals surface area contributed by atoms with Crippen LogP contribution in [0.15, 0.2) is 24.3 Å². The first kappa shape index (κ1) is 18.0. The molecular formula is C17H18N4O4. The Bertz CT molecular complexity index is 836. The number of benzene rings is 1. The standard InChI is InChI=1S/C17H18N4O4/c1-11-17(12(2)21(3)20-11)19-15(22)9-25-16(23)10-24-14-7-5-4-6-13(14)8-18/h4-7H,9-10H2,1-3H3,(H,19,22). The number of aryl methyl sites for hydroxylation is 2. The van der Waals surface area contributed by atoms with Crippen LogP contribution in [0.3, 0.4) is 0 Å². The Kier molecular flexibility index (Phi) is 5.74. The van der Waals surface area contributed by atoms with E-state index in [1.165, 1.54) is 0 Å². The summed E-state index contributed by atoms with van der Waals surface area (Å²) in [5, 5.41) is 15.8. The van der Waals surface area contributed by atoms with E-state index >= 15 is 0 Å². The van der Waals surface area contributed by atoms with Crippen molar-refractivity contribution in [2.45, 2.75) is 13.8 Å². The van der Waals surface area contributed by atoms with E-state index in [1.807, 2.05) is 13.0 Å². The smallest absolute Gasteiger partial charge is 0.344 e. The van der Waals surface area contributed by atoms with Crippen molar-refractivity contribution in [2.24, 2.45) is 7.05 Å². The number of carbonyl (C=O) groups excluding carboxylic acids is 2. The summed E-state index contributed by atoms with van der Waals surface area (Å²) >= 11 is 0. The molecule has 1 N–H and O–H groups in total. The fourth-order valence-corrected chi connectivity index (χ4v) is 2.14. The van der Waals surface area contributed by atoms with Gasteiger partial charge in [-0.05, 0) is 26.0 Å². The fourth-order valence-electron chi connectivity index (χ4n) is 2.14. The van der Waals surface area contributed by atoms with E-state index in [-0.39, 0.29) is 5.75 Å². The Morgan fingerprint density at radius 2 is 2.00 bits per heavy atom. The number of carbonyl (C=O) groups is 2. The van der Waals surface area contributed by atoms with Crippen molar-refractivity contribution < 1.29 is 19.1 Å². The van der Waals surface area contributed by atoms with Crippen LogP contribution in [0, 0.1) is 25.2 Å². The van der Waals surface area contributed by atoms with Crippen LogP contribution in [0.25, 0.3) is 0 Å². The Labute approximate surface area is 145 Å². The molecule has 0 aliphatic carbocycles. The number of nitriles is 1. The van der Waals surface area contributed by atoms with Gasteiger partial charge < -0.3 is 14.8 Å². The molecule has 0 bridgehead atoms. The van der Waals surface area contributed by atoms with Crippen molar-refractivity contribution >= 4 is 17.6 Å². The van der Waals surface area contributed by atoms with Gasteiger partial charge in [0.25, 0.3) is 5.91 Å². The highest BCUT2D eigenvalue weighted by Gasteiger charge is 2.14. The summed E-state index contributed by atoms with van der Waals surface area (Å²) in [4.78, 5) is 23.6. The van der Waals surface area contributed by atoms with Crippen molar-refractivity contribution in [1.29, 1.82) is 5.26 Å². The minimum Gasteiger partial charge on any atom is -0.481 e. The molecular weight excluding hydrogens is 324 g/mol. The van der Waals surface area contributed by atoms with Gasteiger partial charge in [0.05, 0.1) is 22.6 Å². The lowest BCUT2D eigenvalue weighted by molar-refractivity contribution is -0.149. The summed E-state index contributed by atoms with van der Waals surface area (Å²) in [6, 6.07) is 8.49.